The lowest BCUT2D eigenvalue weighted by Gasteiger charge is -2.09. The van der Waals surface area contributed by atoms with E-state index in [2.05, 4.69) is 10.6 Å². The average Bonchev–Trinajstić information content (AvgIpc) is 2.82. The van der Waals surface area contributed by atoms with Crippen molar-refractivity contribution < 1.29 is 9.18 Å². The van der Waals surface area contributed by atoms with E-state index in [0.717, 1.165) is 25.9 Å². The van der Waals surface area contributed by atoms with Crippen LogP contribution in [0.4, 0.5) is 4.39 Å². The number of hydrogen-bond acceptors (Lipinski definition) is 2. The zero-order chi connectivity index (χ0) is 12.1. The van der Waals surface area contributed by atoms with E-state index in [-0.39, 0.29) is 23.9 Å². The van der Waals surface area contributed by atoms with E-state index < -0.39 is 5.82 Å². The molecule has 18 heavy (non-hydrogen) atoms. The second-order valence-electron chi connectivity index (χ2n) is 4.38. The van der Waals surface area contributed by atoms with Gasteiger partial charge in [0.2, 0.25) is 0 Å². The largest absolute Gasteiger partial charge is 0.352 e. The second kappa shape index (κ2) is 7.34. The number of hydrogen-bond donors (Lipinski definition) is 2. The predicted octanol–water partition coefficient (Wildman–Crippen LogP) is 1.98. The van der Waals surface area contributed by atoms with Crippen molar-refractivity contribution in [2.45, 2.75) is 12.8 Å². The molecule has 1 saturated heterocycles. The highest BCUT2D eigenvalue weighted by atomic mass is 35.5. The Balaban J connectivity index is 0.00000162. The molecule has 1 heterocycles. The Kier molecular flexibility index (Phi) is 6.09. The molecular formula is C13H18ClFN2O. The molecule has 1 fully saturated rings. The summed E-state index contributed by atoms with van der Waals surface area (Å²) in [6.07, 6.45) is 2.11. The number of carbonyl (C=O) groups excluding carboxylic acids is 1. The van der Waals surface area contributed by atoms with Gasteiger partial charge in [0.15, 0.2) is 0 Å². The topological polar surface area (TPSA) is 41.1 Å². The summed E-state index contributed by atoms with van der Waals surface area (Å²) in [6, 6.07) is 6.05. The number of rotatable bonds is 4. The van der Waals surface area contributed by atoms with Crippen LogP contribution in [0.3, 0.4) is 0 Å². The fourth-order valence-electron chi connectivity index (χ4n) is 2.09. The van der Waals surface area contributed by atoms with E-state index in [9.17, 15) is 9.18 Å². The maximum atomic E-state index is 13.3. The van der Waals surface area contributed by atoms with Gasteiger partial charge in [0, 0.05) is 6.54 Å². The van der Waals surface area contributed by atoms with Gasteiger partial charge in [-0.15, -0.1) is 12.4 Å². The Morgan fingerprint density at radius 2 is 2.22 bits per heavy atom. The Bertz CT molecular complexity index is 394. The Morgan fingerprint density at radius 3 is 2.89 bits per heavy atom. The molecule has 0 bridgehead atoms. The first-order chi connectivity index (χ1) is 8.27. The van der Waals surface area contributed by atoms with Gasteiger partial charge in [-0.3, -0.25) is 4.79 Å². The monoisotopic (exact) mass is 272 g/mol. The lowest BCUT2D eigenvalue weighted by atomic mass is 10.1. The minimum atomic E-state index is -0.465. The third-order valence-corrected chi connectivity index (χ3v) is 3.12. The summed E-state index contributed by atoms with van der Waals surface area (Å²) < 4.78 is 13.3. The van der Waals surface area contributed by atoms with Crippen LogP contribution < -0.4 is 10.6 Å². The Morgan fingerprint density at radius 1 is 1.44 bits per heavy atom. The molecule has 1 amide bonds. The molecule has 2 rings (SSSR count). The maximum Gasteiger partial charge on any atom is 0.254 e. The first-order valence-corrected chi connectivity index (χ1v) is 6.01. The van der Waals surface area contributed by atoms with Crippen LogP contribution in [0.5, 0.6) is 0 Å². The summed E-state index contributed by atoms with van der Waals surface area (Å²) in [6.45, 7) is 2.70. The minimum absolute atomic E-state index is 0. The fourth-order valence-corrected chi connectivity index (χ4v) is 2.09. The van der Waals surface area contributed by atoms with E-state index >= 15 is 0 Å². The molecule has 100 valence electrons. The normalized spacial score (nSPS) is 18.2. The Hall–Kier alpha value is -1.13. The zero-order valence-corrected chi connectivity index (χ0v) is 10.9. The van der Waals surface area contributed by atoms with Gasteiger partial charge in [-0.25, -0.2) is 4.39 Å². The molecule has 1 atom stereocenters. The van der Waals surface area contributed by atoms with Crippen molar-refractivity contribution in [2.75, 3.05) is 19.6 Å². The third kappa shape index (κ3) is 3.96. The van der Waals surface area contributed by atoms with Crippen LogP contribution in [-0.4, -0.2) is 25.5 Å². The number of carbonyl (C=O) groups is 1. The molecule has 2 N–H and O–H groups in total. The lowest BCUT2D eigenvalue weighted by Crippen LogP contribution is -2.27. The molecule has 5 heteroatoms. The van der Waals surface area contributed by atoms with Gasteiger partial charge in [-0.1, -0.05) is 12.1 Å². The smallest absolute Gasteiger partial charge is 0.254 e. The summed E-state index contributed by atoms with van der Waals surface area (Å²) in [7, 11) is 0. The highest BCUT2D eigenvalue weighted by molar-refractivity contribution is 5.94. The summed E-state index contributed by atoms with van der Waals surface area (Å²) in [4.78, 5) is 11.7. The number of amides is 1. The zero-order valence-electron chi connectivity index (χ0n) is 10.1. The molecule has 1 aromatic carbocycles. The molecule has 1 aliphatic heterocycles. The lowest BCUT2D eigenvalue weighted by molar-refractivity contribution is 0.0947. The van der Waals surface area contributed by atoms with Crippen molar-refractivity contribution in [3.05, 3.63) is 35.6 Å². The summed E-state index contributed by atoms with van der Waals surface area (Å²) >= 11 is 0. The van der Waals surface area contributed by atoms with E-state index in [1.54, 1.807) is 12.1 Å². The van der Waals surface area contributed by atoms with Crippen LogP contribution in [0.15, 0.2) is 24.3 Å². The molecule has 0 radical (unpaired) electrons. The van der Waals surface area contributed by atoms with E-state index in [1.165, 1.54) is 12.1 Å². The molecule has 0 aromatic heterocycles. The van der Waals surface area contributed by atoms with Crippen LogP contribution in [0.1, 0.15) is 23.2 Å². The van der Waals surface area contributed by atoms with Gasteiger partial charge in [0.05, 0.1) is 5.56 Å². The SMILES string of the molecule is Cl.O=C(NCCC1CCNC1)c1ccccc1F. The van der Waals surface area contributed by atoms with Crippen molar-refractivity contribution >= 4 is 18.3 Å². The van der Waals surface area contributed by atoms with Crippen LogP contribution in [0, 0.1) is 11.7 Å². The molecule has 1 unspecified atom stereocenters. The fraction of sp³-hybridized carbons (Fsp3) is 0.462. The van der Waals surface area contributed by atoms with Gasteiger partial charge in [0.1, 0.15) is 5.82 Å². The number of nitrogens with one attached hydrogen (secondary N) is 2. The summed E-state index contributed by atoms with van der Waals surface area (Å²) in [5.41, 5.74) is 0.122. The molecule has 1 aliphatic rings. The standard InChI is InChI=1S/C13H17FN2O.ClH/c14-12-4-2-1-3-11(12)13(17)16-8-6-10-5-7-15-9-10;/h1-4,10,15H,5-9H2,(H,16,17);1H. The van der Waals surface area contributed by atoms with Gasteiger partial charge in [-0.05, 0) is 44.0 Å². The Labute approximate surface area is 113 Å². The van der Waals surface area contributed by atoms with Crippen molar-refractivity contribution in [1.82, 2.24) is 10.6 Å². The van der Waals surface area contributed by atoms with Crippen LogP contribution >= 0.6 is 12.4 Å². The van der Waals surface area contributed by atoms with Crippen molar-refractivity contribution in [3.63, 3.8) is 0 Å². The molecule has 0 spiro atoms. The molecule has 3 nitrogen and oxygen atoms in total. The van der Waals surface area contributed by atoms with Crippen molar-refractivity contribution in [3.8, 4) is 0 Å². The number of benzene rings is 1. The van der Waals surface area contributed by atoms with Crippen LogP contribution in [-0.2, 0) is 0 Å². The maximum absolute atomic E-state index is 13.3. The second-order valence-corrected chi connectivity index (χ2v) is 4.38. The van der Waals surface area contributed by atoms with Crippen LogP contribution in [0.25, 0.3) is 0 Å². The van der Waals surface area contributed by atoms with Crippen molar-refractivity contribution in [1.29, 1.82) is 0 Å². The quantitative estimate of drug-likeness (QED) is 0.880. The van der Waals surface area contributed by atoms with Gasteiger partial charge >= 0.3 is 0 Å². The van der Waals surface area contributed by atoms with Crippen molar-refractivity contribution in [2.24, 2.45) is 5.92 Å². The molecular weight excluding hydrogens is 255 g/mol. The van der Waals surface area contributed by atoms with E-state index in [0.29, 0.717) is 12.5 Å². The van der Waals surface area contributed by atoms with Gasteiger partial charge < -0.3 is 10.6 Å². The molecule has 0 aliphatic carbocycles. The van der Waals surface area contributed by atoms with Crippen LogP contribution in [0.2, 0.25) is 0 Å². The highest BCUT2D eigenvalue weighted by Crippen LogP contribution is 2.11. The highest BCUT2D eigenvalue weighted by Gasteiger charge is 2.15. The minimum Gasteiger partial charge on any atom is -0.352 e. The molecule has 1 aromatic rings. The summed E-state index contributed by atoms with van der Waals surface area (Å²) in [5.74, 6) is -0.155. The summed E-state index contributed by atoms with van der Waals surface area (Å²) in [5, 5.41) is 6.04. The molecule has 0 saturated carbocycles. The van der Waals surface area contributed by atoms with E-state index in [4.69, 9.17) is 0 Å². The predicted molar refractivity (Wildman–Crippen MR) is 71.6 cm³/mol. The third-order valence-electron chi connectivity index (χ3n) is 3.12. The average molecular weight is 273 g/mol. The first-order valence-electron chi connectivity index (χ1n) is 6.01. The number of halogens is 2. The van der Waals surface area contributed by atoms with E-state index in [1.807, 2.05) is 0 Å². The van der Waals surface area contributed by atoms with Gasteiger partial charge in [-0.2, -0.15) is 0 Å². The van der Waals surface area contributed by atoms with Gasteiger partial charge in [0.25, 0.3) is 5.91 Å². The first kappa shape index (κ1) is 14.9.